The zero-order valence-electron chi connectivity index (χ0n) is 11.6. The van der Waals surface area contributed by atoms with Crippen molar-refractivity contribution in [2.24, 2.45) is 0 Å². The molecule has 19 heavy (non-hydrogen) atoms. The first-order valence-corrected chi connectivity index (χ1v) is 6.80. The first kappa shape index (κ1) is 15.5. The van der Waals surface area contributed by atoms with Crippen molar-refractivity contribution in [2.75, 3.05) is 5.73 Å². The van der Waals surface area contributed by atoms with E-state index in [-0.39, 0.29) is 17.4 Å². The van der Waals surface area contributed by atoms with Gasteiger partial charge in [-0.2, -0.15) is 0 Å². The number of carbonyl (C=O) groups excluding carboxylic acids is 1. The highest BCUT2D eigenvalue weighted by atomic mass is 19.1. The summed E-state index contributed by atoms with van der Waals surface area (Å²) in [6.45, 7) is 4.00. The number of benzene rings is 1. The minimum atomic E-state index is -0.556. The lowest BCUT2D eigenvalue weighted by atomic mass is 10.1. The van der Waals surface area contributed by atoms with Gasteiger partial charge in [0.1, 0.15) is 5.82 Å². The van der Waals surface area contributed by atoms with E-state index >= 15 is 0 Å². The second kappa shape index (κ2) is 7.77. The van der Waals surface area contributed by atoms with Crippen LogP contribution in [0.4, 0.5) is 10.1 Å². The highest BCUT2D eigenvalue weighted by Crippen LogP contribution is 2.16. The van der Waals surface area contributed by atoms with Crippen LogP contribution in [0.25, 0.3) is 0 Å². The average molecular weight is 267 g/mol. The molecule has 0 fully saturated rings. The molecule has 1 rings (SSSR count). The number of anilines is 1. The monoisotopic (exact) mass is 267 g/mol. The normalized spacial score (nSPS) is 12.2. The standard InChI is InChI=1S/C15H22FNO2/c1-3-4-5-6-7-11(2)19-15(18)13-10-12(16)8-9-14(13)17/h8-11H,3-7,17H2,1-2H3. The molecule has 0 spiro atoms. The zero-order valence-corrected chi connectivity index (χ0v) is 11.6. The van der Waals surface area contributed by atoms with Gasteiger partial charge in [-0.3, -0.25) is 0 Å². The fraction of sp³-hybridized carbons (Fsp3) is 0.533. The number of hydrogen-bond acceptors (Lipinski definition) is 3. The second-order valence-electron chi connectivity index (χ2n) is 4.80. The molecule has 0 aliphatic heterocycles. The van der Waals surface area contributed by atoms with E-state index in [4.69, 9.17) is 10.5 Å². The molecule has 0 saturated carbocycles. The lowest BCUT2D eigenvalue weighted by Gasteiger charge is -2.14. The van der Waals surface area contributed by atoms with Crippen LogP contribution in [0, 0.1) is 5.82 Å². The quantitative estimate of drug-likeness (QED) is 0.462. The average Bonchev–Trinajstić information content (AvgIpc) is 2.37. The van der Waals surface area contributed by atoms with Crippen LogP contribution in [0.15, 0.2) is 18.2 Å². The summed E-state index contributed by atoms with van der Waals surface area (Å²) < 4.78 is 18.3. The summed E-state index contributed by atoms with van der Waals surface area (Å²) in [7, 11) is 0. The molecule has 0 heterocycles. The van der Waals surface area contributed by atoms with Gasteiger partial charge in [0.2, 0.25) is 0 Å². The third-order valence-electron chi connectivity index (χ3n) is 3.01. The Hall–Kier alpha value is -1.58. The largest absolute Gasteiger partial charge is 0.459 e. The van der Waals surface area contributed by atoms with Crippen LogP contribution in [0.5, 0.6) is 0 Å². The predicted molar refractivity (Wildman–Crippen MR) is 74.4 cm³/mol. The number of unbranched alkanes of at least 4 members (excludes halogenated alkanes) is 3. The van der Waals surface area contributed by atoms with Crippen molar-refractivity contribution >= 4 is 11.7 Å². The summed E-state index contributed by atoms with van der Waals surface area (Å²) in [5, 5.41) is 0. The minimum Gasteiger partial charge on any atom is -0.459 e. The van der Waals surface area contributed by atoms with Gasteiger partial charge in [-0.15, -0.1) is 0 Å². The van der Waals surface area contributed by atoms with Gasteiger partial charge in [0.25, 0.3) is 0 Å². The molecule has 106 valence electrons. The van der Waals surface area contributed by atoms with Crippen molar-refractivity contribution in [1.82, 2.24) is 0 Å². The van der Waals surface area contributed by atoms with Crippen LogP contribution in [0.1, 0.15) is 56.3 Å². The van der Waals surface area contributed by atoms with Gasteiger partial charge in [-0.25, -0.2) is 9.18 Å². The molecule has 4 heteroatoms. The number of halogens is 1. The molecule has 0 radical (unpaired) electrons. The molecule has 0 aromatic heterocycles. The third-order valence-corrected chi connectivity index (χ3v) is 3.01. The van der Waals surface area contributed by atoms with Gasteiger partial charge in [0.15, 0.2) is 0 Å². The van der Waals surface area contributed by atoms with E-state index in [1.54, 1.807) is 0 Å². The molecule has 2 N–H and O–H groups in total. The Bertz CT molecular complexity index is 421. The van der Waals surface area contributed by atoms with Gasteiger partial charge in [-0.1, -0.05) is 26.2 Å². The van der Waals surface area contributed by atoms with E-state index in [0.29, 0.717) is 0 Å². The van der Waals surface area contributed by atoms with Crippen LogP contribution in [0.3, 0.4) is 0 Å². The zero-order chi connectivity index (χ0) is 14.3. The Morgan fingerprint density at radius 2 is 2.11 bits per heavy atom. The molecular formula is C15H22FNO2. The van der Waals surface area contributed by atoms with Crippen LogP contribution >= 0.6 is 0 Å². The molecule has 1 aromatic rings. The molecule has 1 unspecified atom stereocenters. The van der Waals surface area contributed by atoms with Crippen LogP contribution < -0.4 is 5.73 Å². The highest BCUT2D eigenvalue weighted by molar-refractivity contribution is 5.95. The van der Waals surface area contributed by atoms with Gasteiger partial charge < -0.3 is 10.5 Å². The Balaban J connectivity index is 2.47. The van der Waals surface area contributed by atoms with Gasteiger partial charge in [-0.05, 0) is 38.0 Å². The molecule has 1 atom stereocenters. The van der Waals surface area contributed by atoms with Crippen LogP contribution in [-0.4, -0.2) is 12.1 Å². The van der Waals surface area contributed by atoms with E-state index in [9.17, 15) is 9.18 Å². The number of carbonyl (C=O) groups is 1. The summed E-state index contributed by atoms with van der Waals surface area (Å²) in [4.78, 5) is 11.8. The maximum absolute atomic E-state index is 13.1. The molecule has 0 amide bonds. The lowest BCUT2D eigenvalue weighted by molar-refractivity contribution is 0.0320. The van der Waals surface area contributed by atoms with E-state index in [1.165, 1.54) is 25.0 Å². The first-order chi connectivity index (χ1) is 9.04. The number of esters is 1. The fourth-order valence-corrected chi connectivity index (χ4v) is 1.87. The molecule has 0 bridgehead atoms. The Morgan fingerprint density at radius 1 is 1.37 bits per heavy atom. The first-order valence-electron chi connectivity index (χ1n) is 6.80. The van der Waals surface area contributed by atoms with Crippen molar-refractivity contribution in [3.05, 3.63) is 29.6 Å². The van der Waals surface area contributed by atoms with Crippen molar-refractivity contribution in [3.63, 3.8) is 0 Å². The molecule has 3 nitrogen and oxygen atoms in total. The van der Waals surface area contributed by atoms with Crippen molar-refractivity contribution < 1.29 is 13.9 Å². The summed E-state index contributed by atoms with van der Waals surface area (Å²) >= 11 is 0. The van der Waals surface area contributed by atoms with Gasteiger partial charge in [0, 0.05) is 5.69 Å². The van der Waals surface area contributed by atoms with E-state index in [2.05, 4.69) is 6.92 Å². The van der Waals surface area contributed by atoms with Crippen LogP contribution in [-0.2, 0) is 4.74 Å². The summed E-state index contributed by atoms with van der Waals surface area (Å²) in [6, 6.07) is 3.71. The maximum Gasteiger partial charge on any atom is 0.340 e. The van der Waals surface area contributed by atoms with E-state index in [0.717, 1.165) is 25.3 Å². The number of nitrogen functional groups attached to an aromatic ring is 1. The van der Waals surface area contributed by atoms with Crippen molar-refractivity contribution in [1.29, 1.82) is 0 Å². The predicted octanol–water partition coefficient (Wildman–Crippen LogP) is 3.92. The topological polar surface area (TPSA) is 52.3 Å². The van der Waals surface area contributed by atoms with Crippen LogP contribution in [0.2, 0.25) is 0 Å². The number of ether oxygens (including phenoxy) is 1. The summed E-state index contributed by atoms with van der Waals surface area (Å²) in [5.74, 6) is -1.04. The molecule has 1 aromatic carbocycles. The molecule has 0 saturated heterocycles. The Morgan fingerprint density at radius 3 is 2.79 bits per heavy atom. The molecular weight excluding hydrogens is 245 g/mol. The van der Waals surface area contributed by atoms with Crippen molar-refractivity contribution in [3.8, 4) is 0 Å². The Labute approximate surface area is 113 Å². The van der Waals surface area contributed by atoms with Crippen molar-refractivity contribution in [2.45, 2.75) is 52.1 Å². The van der Waals surface area contributed by atoms with E-state index < -0.39 is 11.8 Å². The minimum absolute atomic E-state index is 0.0976. The number of rotatable bonds is 7. The second-order valence-corrected chi connectivity index (χ2v) is 4.80. The SMILES string of the molecule is CCCCCCC(C)OC(=O)c1cc(F)ccc1N. The molecule has 0 aliphatic carbocycles. The smallest absolute Gasteiger partial charge is 0.340 e. The summed E-state index contributed by atoms with van der Waals surface area (Å²) in [6.07, 6.45) is 5.18. The Kier molecular flexibility index (Phi) is 6.33. The van der Waals surface area contributed by atoms with Gasteiger partial charge >= 0.3 is 5.97 Å². The highest BCUT2D eigenvalue weighted by Gasteiger charge is 2.15. The lowest BCUT2D eigenvalue weighted by Crippen LogP contribution is -2.16. The van der Waals surface area contributed by atoms with E-state index in [1.807, 2.05) is 6.92 Å². The number of nitrogens with two attached hydrogens (primary N) is 1. The third kappa shape index (κ3) is 5.28. The molecule has 0 aliphatic rings. The van der Waals surface area contributed by atoms with Gasteiger partial charge in [0.05, 0.1) is 11.7 Å². The summed E-state index contributed by atoms with van der Waals surface area (Å²) in [5.41, 5.74) is 5.98. The fourth-order valence-electron chi connectivity index (χ4n) is 1.87. The maximum atomic E-state index is 13.1. The number of hydrogen-bond donors (Lipinski definition) is 1.